The van der Waals surface area contributed by atoms with Gasteiger partial charge in [0.25, 0.3) is 5.91 Å². The van der Waals surface area contributed by atoms with Crippen molar-refractivity contribution in [1.82, 2.24) is 0 Å². The largest absolute Gasteiger partial charge is 0.398 e. The zero-order valence-corrected chi connectivity index (χ0v) is 11.8. The summed E-state index contributed by atoms with van der Waals surface area (Å²) >= 11 is 5.86. The standard InChI is InChI=1S/C15H16ClN3O/c1-9(10-2-4-11(16)5-3-10)19-12-6-7-14(17)13(8-12)15(18)20/h2-9,19H,17H2,1H3,(H2,18,20). The zero-order valence-electron chi connectivity index (χ0n) is 11.1. The summed E-state index contributed by atoms with van der Waals surface area (Å²) in [4.78, 5) is 11.3. The number of halogens is 1. The Balaban J connectivity index is 2.19. The Hall–Kier alpha value is -2.20. The smallest absolute Gasteiger partial charge is 0.250 e. The average Bonchev–Trinajstić information content (AvgIpc) is 2.41. The van der Waals surface area contributed by atoms with Gasteiger partial charge in [-0.1, -0.05) is 23.7 Å². The molecule has 5 N–H and O–H groups in total. The van der Waals surface area contributed by atoms with Crippen LogP contribution in [0.15, 0.2) is 42.5 Å². The molecule has 0 spiro atoms. The summed E-state index contributed by atoms with van der Waals surface area (Å²) in [5.74, 6) is -0.537. The van der Waals surface area contributed by atoms with Crippen LogP contribution in [0.1, 0.15) is 28.9 Å². The molecule has 20 heavy (non-hydrogen) atoms. The molecular weight excluding hydrogens is 274 g/mol. The first-order chi connectivity index (χ1) is 9.47. The van der Waals surface area contributed by atoms with Crippen molar-refractivity contribution >= 4 is 28.9 Å². The molecule has 1 amide bonds. The van der Waals surface area contributed by atoms with Crippen molar-refractivity contribution in [1.29, 1.82) is 0 Å². The molecule has 1 atom stereocenters. The minimum absolute atomic E-state index is 0.0663. The van der Waals surface area contributed by atoms with Crippen LogP contribution in [0.5, 0.6) is 0 Å². The van der Waals surface area contributed by atoms with Gasteiger partial charge >= 0.3 is 0 Å². The second kappa shape index (κ2) is 5.84. The molecule has 0 aliphatic rings. The third-order valence-electron chi connectivity index (χ3n) is 3.07. The molecule has 0 fully saturated rings. The van der Waals surface area contributed by atoms with E-state index in [9.17, 15) is 4.79 Å². The molecular formula is C15H16ClN3O. The Morgan fingerprint density at radius 3 is 2.45 bits per heavy atom. The molecule has 2 aromatic carbocycles. The summed E-state index contributed by atoms with van der Waals surface area (Å²) in [6.45, 7) is 2.02. The number of nitrogens with two attached hydrogens (primary N) is 2. The fraction of sp³-hybridized carbons (Fsp3) is 0.133. The number of carbonyl (C=O) groups is 1. The third-order valence-corrected chi connectivity index (χ3v) is 3.32. The van der Waals surface area contributed by atoms with Crippen LogP contribution in [-0.4, -0.2) is 5.91 Å². The van der Waals surface area contributed by atoms with E-state index in [-0.39, 0.29) is 6.04 Å². The van der Waals surface area contributed by atoms with Gasteiger partial charge in [-0.2, -0.15) is 0 Å². The van der Waals surface area contributed by atoms with Crippen LogP contribution >= 0.6 is 11.6 Å². The van der Waals surface area contributed by atoms with Gasteiger partial charge in [0.1, 0.15) is 0 Å². The average molecular weight is 290 g/mol. The molecule has 0 aromatic heterocycles. The van der Waals surface area contributed by atoms with E-state index in [2.05, 4.69) is 5.32 Å². The molecule has 0 radical (unpaired) electrons. The number of hydrogen-bond donors (Lipinski definition) is 3. The quantitative estimate of drug-likeness (QED) is 0.756. The van der Waals surface area contributed by atoms with Crippen molar-refractivity contribution in [2.75, 3.05) is 11.1 Å². The van der Waals surface area contributed by atoms with E-state index in [1.165, 1.54) is 0 Å². The Labute approximate surface area is 122 Å². The van der Waals surface area contributed by atoms with Crippen molar-refractivity contribution in [3.05, 3.63) is 58.6 Å². The monoisotopic (exact) mass is 289 g/mol. The zero-order chi connectivity index (χ0) is 14.7. The van der Waals surface area contributed by atoms with Gasteiger partial charge in [-0.3, -0.25) is 4.79 Å². The molecule has 104 valence electrons. The lowest BCUT2D eigenvalue weighted by Crippen LogP contribution is -2.14. The number of amides is 1. The van der Waals surface area contributed by atoms with E-state index in [0.29, 0.717) is 16.3 Å². The first kappa shape index (κ1) is 14.2. The van der Waals surface area contributed by atoms with Gasteiger partial charge in [0.2, 0.25) is 0 Å². The normalized spacial score (nSPS) is 11.9. The molecule has 4 nitrogen and oxygen atoms in total. The second-order valence-corrected chi connectivity index (χ2v) is 5.02. The summed E-state index contributed by atoms with van der Waals surface area (Å²) in [6, 6.07) is 12.8. The lowest BCUT2D eigenvalue weighted by molar-refractivity contribution is 0.100. The molecule has 2 rings (SSSR count). The summed E-state index contributed by atoms with van der Waals surface area (Å²) in [5, 5.41) is 3.99. The van der Waals surface area contributed by atoms with Gasteiger partial charge in [-0.15, -0.1) is 0 Å². The van der Waals surface area contributed by atoms with Crippen LogP contribution in [0, 0.1) is 0 Å². The summed E-state index contributed by atoms with van der Waals surface area (Å²) in [7, 11) is 0. The first-order valence-electron chi connectivity index (χ1n) is 6.18. The highest BCUT2D eigenvalue weighted by Gasteiger charge is 2.09. The number of nitrogens with one attached hydrogen (secondary N) is 1. The molecule has 0 aliphatic carbocycles. The Bertz CT molecular complexity index is 626. The number of anilines is 2. The predicted octanol–water partition coefficient (Wildman–Crippen LogP) is 3.19. The van der Waals surface area contributed by atoms with Crippen LogP contribution in [-0.2, 0) is 0 Å². The van der Waals surface area contributed by atoms with E-state index >= 15 is 0 Å². The number of benzene rings is 2. The molecule has 0 heterocycles. The Morgan fingerprint density at radius 1 is 1.20 bits per heavy atom. The number of primary amides is 1. The highest BCUT2D eigenvalue weighted by atomic mass is 35.5. The maximum atomic E-state index is 11.3. The maximum absolute atomic E-state index is 11.3. The molecule has 0 saturated heterocycles. The Morgan fingerprint density at radius 2 is 1.85 bits per heavy atom. The maximum Gasteiger partial charge on any atom is 0.250 e. The molecule has 0 saturated carbocycles. The minimum Gasteiger partial charge on any atom is -0.398 e. The number of hydrogen-bond acceptors (Lipinski definition) is 3. The molecule has 2 aromatic rings. The van der Waals surface area contributed by atoms with Gasteiger partial charge in [-0.25, -0.2) is 0 Å². The highest BCUT2D eigenvalue weighted by molar-refractivity contribution is 6.30. The summed E-state index contributed by atoms with van der Waals surface area (Å²) in [6.07, 6.45) is 0. The summed E-state index contributed by atoms with van der Waals surface area (Å²) < 4.78 is 0. The van der Waals surface area contributed by atoms with Crippen LogP contribution in [0.2, 0.25) is 5.02 Å². The molecule has 0 aliphatic heterocycles. The van der Waals surface area contributed by atoms with Gasteiger partial charge in [0.15, 0.2) is 0 Å². The molecule has 1 unspecified atom stereocenters. The predicted molar refractivity (Wildman–Crippen MR) is 82.9 cm³/mol. The van der Waals surface area contributed by atoms with Gasteiger partial charge < -0.3 is 16.8 Å². The molecule has 5 heteroatoms. The third kappa shape index (κ3) is 3.22. The van der Waals surface area contributed by atoms with E-state index in [0.717, 1.165) is 11.3 Å². The fourth-order valence-corrected chi connectivity index (χ4v) is 2.07. The van der Waals surface area contributed by atoms with E-state index in [4.69, 9.17) is 23.1 Å². The van der Waals surface area contributed by atoms with Crippen molar-refractivity contribution in [3.63, 3.8) is 0 Å². The van der Waals surface area contributed by atoms with E-state index in [1.807, 2.05) is 37.3 Å². The second-order valence-electron chi connectivity index (χ2n) is 4.58. The topological polar surface area (TPSA) is 81.1 Å². The van der Waals surface area contributed by atoms with Crippen molar-refractivity contribution < 1.29 is 4.79 Å². The minimum atomic E-state index is -0.537. The van der Waals surface area contributed by atoms with Crippen LogP contribution in [0.25, 0.3) is 0 Å². The van der Waals surface area contributed by atoms with Crippen molar-refractivity contribution in [2.24, 2.45) is 5.73 Å². The van der Waals surface area contributed by atoms with Crippen LogP contribution < -0.4 is 16.8 Å². The van der Waals surface area contributed by atoms with Gasteiger partial charge in [0.05, 0.1) is 5.56 Å². The summed E-state index contributed by atoms with van der Waals surface area (Å²) in [5.41, 5.74) is 13.6. The van der Waals surface area contributed by atoms with Crippen LogP contribution in [0.3, 0.4) is 0 Å². The molecule has 0 bridgehead atoms. The lowest BCUT2D eigenvalue weighted by Gasteiger charge is -2.16. The SMILES string of the molecule is CC(Nc1ccc(N)c(C(N)=O)c1)c1ccc(Cl)cc1. The highest BCUT2D eigenvalue weighted by Crippen LogP contribution is 2.23. The lowest BCUT2D eigenvalue weighted by atomic mass is 10.1. The number of carbonyl (C=O) groups excluding carboxylic acids is 1. The van der Waals surface area contributed by atoms with Gasteiger partial charge in [0, 0.05) is 22.4 Å². The first-order valence-corrected chi connectivity index (χ1v) is 6.56. The van der Waals surface area contributed by atoms with Gasteiger partial charge in [-0.05, 0) is 42.8 Å². The van der Waals surface area contributed by atoms with E-state index < -0.39 is 5.91 Å². The number of nitrogen functional groups attached to an aromatic ring is 1. The van der Waals surface area contributed by atoms with Crippen molar-refractivity contribution in [3.8, 4) is 0 Å². The van der Waals surface area contributed by atoms with Crippen molar-refractivity contribution in [2.45, 2.75) is 13.0 Å². The van der Waals surface area contributed by atoms with Crippen LogP contribution in [0.4, 0.5) is 11.4 Å². The van der Waals surface area contributed by atoms with E-state index in [1.54, 1.807) is 12.1 Å². The number of rotatable bonds is 4. The fourth-order valence-electron chi connectivity index (χ4n) is 1.94. The Kier molecular flexibility index (Phi) is 4.15.